The van der Waals surface area contributed by atoms with Crippen LogP contribution in [0, 0.1) is 50.2 Å². The normalized spacial score (nSPS) is 54.3. The SMILES string of the molecule is CC1(C)CC[C@]2(C(=O)O)CC[C@]3(C)C(=CC[C@@H]4[C@@]5(C)CC[C@H](O[C@@H]6OC[C@H](O)[C@H](O)[C@H]6O)[C@@](C)(CO)[C@@H]5CC[C@]43C)[C@@H]2C1. The molecule has 13 atom stereocenters. The molecule has 8 heteroatoms. The minimum atomic E-state index is -1.36. The number of aliphatic hydroxyl groups is 4. The van der Waals surface area contributed by atoms with Crippen molar-refractivity contribution in [3.63, 3.8) is 0 Å². The van der Waals surface area contributed by atoms with Crippen LogP contribution in [0.25, 0.3) is 0 Å². The Hall–Kier alpha value is -1.03. The summed E-state index contributed by atoms with van der Waals surface area (Å²) in [5.74, 6) is 0.0529. The highest BCUT2D eigenvalue weighted by Gasteiger charge is 2.70. The van der Waals surface area contributed by atoms with Crippen molar-refractivity contribution < 1.29 is 39.8 Å². The fraction of sp³-hybridized carbons (Fsp3) is 0.914. The van der Waals surface area contributed by atoms with Crippen molar-refractivity contribution in [3.05, 3.63) is 11.6 Å². The summed E-state index contributed by atoms with van der Waals surface area (Å²) in [5.41, 5.74) is 0.232. The molecular weight excluding hydrogens is 548 g/mol. The third kappa shape index (κ3) is 4.32. The van der Waals surface area contributed by atoms with Crippen LogP contribution in [0.15, 0.2) is 11.6 Å². The summed E-state index contributed by atoms with van der Waals surface area (Å²) in [6.07, 6.45) is 6.03. The van der Waals surface area contributed by atoms with Crippen molar-refractivity contribution >= 4 is 5.97 Å². The zero-order chi connectivity index (χ0) is 31.4. The molecule has 244 valence electrons. The third-order valence-corrected chi connectivity index (χ3v) is 14.9. The van der Waals surface area contributed by atoms with Gasteiger partial charge in [0.25, 0.3) is 0 Å². The molecule has 0 aromatic rings. The van der Waals surface area contributed by atoms with Gasteiger partial charge in [-0.1, -0.05) is 53.2 Å². The first-order valence-electron chi connectivity index (χ1n) is 16.9. The van der Waals surface area contributed by atoms with Crippen molar-refractivity contribution in [1.82, 2.24) is 0 Å². The second kappa shape index (κ2) is 10.2. The molecule has 0 bridgehead atoms. The molecule has 43 heavy (non-hydrogen) atoms. The molecule has 0 unspecified atom stereocenters. The quantitative estimate of drug-likeness (QED) is 0.231. The van der Waals surface area contributed by atoms with Gasteiger partial charge in [-0.3, -0.25) is 4.79 Å². The van der Waals surface area contributed by atoms with Crippen LogP contribution in [-0.4, -0.2) is 75.4 Å². The predicted molar refractivity (Wildman–Crippen MR) is 161 cm³/mol. The number of aliphatic carboxylic acids is 1. The number of hydrogen-bond acceptors (Lipinski definition) is 7. The van der Waals surface area contributed by atoms with Crippen LogP contribution < -0.4 is 0 Å². The molecule has 5 aliphatic carbocycles. The highest BCUT2D eigenvalue weighted by Crippen LogP contribution is 2.76. The van der Waals surface area contributed by atoms with Gasteiger partial charge in [0.2, 0.25) is 0 Å². The van der Waals surface area contributed by atoms with Gasteiger partial charge in [0.05, 0.1) is 24.7 Å². The topological polar surface area (TPSA) is 137 Å². The van der Waals surface area contributed by atoms with Crippen molar-refractivity contribution in [2.45, 2.75) is 136 Å². The summed E-state index contributed by atoms with van der Waals surface area (Å²) in [6.45, 7) is 13.9. The van der Waals surface area contributed by atoms with E-state index in [1.54, 1.807) is 0 Å². The average molecular weight is 605 g/mol. The fourth-order valence-electron chi connectivity index (χ4n) is 11.9. The van der Waals surface area contributed by atoms with Gasteiger partial charge in [-0.05, 0) is 104 Å². The molecule has 0 aromatic carbocycles. The average Bonchev–Trinajstić information content (AvgIpc) is 2.94. The maximum absolute atomic E-state index is 12.9. The van der Waals surface area contributed by atoms with E-state index in [1.165, 1.54) is 5.57 Å². The monoisotopic (exact) mass is 604 g/mol. The second-order valence-corrected chi connectivity index (χ2v) is 17.3. The predicted octanol–water partition coefficient (Wildman–Crippen LogP) is 4.67. The van der Waals surface area contributed by atoms with Gasteiger partial charge in [0, 0.05) is 5.41 Å². The fourth-order valence-corrected chi connectivity index (χ4v) is 11.9. The molecule has 4 saturated carbocycles. The van der Waals surface area contributed by atoms with Gasteiger partial charge >= 0.3 is 5.97 Å². The third-order valence-electron chi connectivity index (χ3n) is 14.9. The molecule has 0 spiro atoms. The Morgan fingerprint density at radius 1 is 0.930 bits per heavy atom. The lowest BCUT2D eigenvalue weighted by molar-refractivity contribution is -0.312. The van der Waals surface area contributed by atoms with Crippen LogP contribution in [0.2, 0.25) is 0 Å². The van der Waals surface area contributed by atoms with E-state index in [9.17, 15) is 30.3 Å². The highest BCUT2D eigenvalue weighted by atomic mass is 16.7. The standard InChI is InChI=1S/C35H56O8/c1-30(2)13-15-35(29(40)41)16-14-33(5)20(21(35)17-30)7-8-24-31(3)11-10-25(43-28-27(39)26(38)22(37)18-42-28)32(4,19-36)23(31)9-12-34(24,33)6/h7,21-28,36-39H,8-19H2,1-6H3,(H,40,41)/t21-,22-,23+,24+,25-,26-,27+,28-,31-,32-,33+,34+,35-/m0/s1. The number of carboxylic acids is 1. The van der Waals surface area contributed by atoms with E-state index in [-0.39, 0.29) is 52.8 Å². The number of allylic oxidation sites excluding steroid dienone is 2. The van der Waals surface area contributed by atoms with Gasteiger partial charge in [0.15, 0.2) is 6.29 Å². The second-order valence-electron chi connectivity index (χ2n) is 17.3. The first kappa shape index (κ1) is 31.9. The van der Waals surface area contributed by atoms with Crippen molar-refractivity contribution in [2.24, 2.45) is 50.2 Å². The van der Waals surface area contributed by atoms with Crippen LogP contribution in [0.1, 0.15) is 106 Å². The molecule has 5 fully saturated rings. The van der Waals surface area contributed by atoms with Crippen LogP contribution in [0.3, 0.4) is 0 Å². The van der Waals surface area contributed by atoms with Gasteiger partial charge in [0.1, 0.15) is 18.3 Å². The van der Waals surface area contributed by atoms with E-state index in [2.05, 4.69) is 47.6 Å². The molecule has 8 nitrogen and oxygen atoms in total. The van der Waals surface area contributed by atoms with E-state index in [4.69, 9.17) is 9.47 Å². The zero-order valence-corrected chi connectivity index (χ0v) is 27.1. The van der Waals surface area contributed by atoms with Gasteiger partial charge < -0.3 is 35.0 Å². The summed E-state index contributed by atoms with van der Waals surface area (Å²) < 4.78 is 12.0. The Morgan fingerprint density at radius 2 is 1.63 bits per heavy atom. The van der Waals surface area contributed by atoms with E-state index in [0.717, 1.165) is 57.8 Å². The van der Waals surface area contributed by atoms with Crippen molar-refractivity contribution in [3.8, 4) is 0 Å². The Balaban J connectivity index is 1.32. The number of rotatable bonds is 4. The lowest BCUT2D eigenvalue weighted by atomic mass is 9.33. The lowest BCUT2D eigenvalue weighted by Gasteiger charge is -2.71. The molecular formula is C35H56O8. The first-order chi connectivity index (χ1) is 20.0. The van der Waals surface area contributed by atoms with Crippen LogP contribution in [0.5, 0.6) is 0 Å². The van der Waals surface area contributed by atoms with Crippen molar-refractivity contribution in [2.75, 3.05) is 13.2 Å². The van der Waals surface area contributed by atoms with E-state index in [0.29, 0.717) is 12.3 Å². The van der Waals surface area contributed by atoms with Crippen LogP contribution in [0.4, 0.5) is 0 Å². The Labute approximate surface area is 257 Å². The molecule has 1 saturated heterocycles. The Kier molecular flexibility index (Phi) is 7.60. The maximum atomic E-state index is 12.9. The maximum Gasteiger partial charge on any atom is 0.310 e. The molecule has 5 N–H and O–H groups in total. The lowest BCUT2D eigenvalue weighted by Crippen LogP contribution is -2.66. The number of hydrogen-bond donors (Lipinski definition) is 5. The summed E-state index contributed by atoms with van der Waals surface area (Å²) in [6, 6.07) is 0. The molecule has 1 aliphatic heterocycles. The van der Waals surface area contributed by atoms with Crippen LogP contribution >= 0.6 is 0 Å². The van der Waals surface area contributed by atoms with Gasteiger partial charge in [-0.25, -0.2) is 0 Å². The number of fused-ring (bicyclic) bond motifs is 7. The smallest absolute Gasteiger partial charge is 0.310 e. The summed E-state index contributed by atoms with van der Waals surface area (Å²) in [7, 11) is 0. The van der Waals surface area contributed by atoms with E-state index < -0.39 is 41.4 Å². The van der Waals surface area contributed by atoms with Gasteiger partial charge in [-0.2, -0.15) is 0 Å². The molecule has 0 radical (unpaired) electrons. The van der Waals surface area contributed by atoms with Crippen molar-refractivity contribution in [1.29, 1.82) is 0 Å². The molecule has 0 aromatic heterocycles. The number of ether oxygens (including phenoxy) is 2. The first-order valence-corrected chi connectivity index (χ1v) is 16.9. The largest absolute Gasteiger partial charge is 0.481 e. The van der Waals surface area contributed by atoms with Gasteiger partial charge in [-0.15, -0.1) is 0 Å². The summed E-state index contributed by atoms with van der Waals surface area (Å²) >= 11 is 0. The van der Waals surface area contributed by atoms with E-state index >= 15 is 0 Å². The van der Waals surface area contributed by atoms with E-state index in [1.807, 2.05) is 0 Å². The number of carbonyl (C=O) groups is 1. The number of aliphatic hydroxyl groups excluding tert-OH is 4. The highest BCUT2D eigenvalue weighted by molar-refractivity contribution is 5.76. The number of carboxylic acid groups (broad SMARTS) is 1. The molecule has 0 amide bonds. The Bertz CT molecular complexity index is 1150. The van der Waals surface area contributed by atoms with Crippen LogP contribution in [-0.2, 0) is 14.3 Å². The minimum absolute atomic E-state index is 0.0154. The molecule has 1 heterocycles. The molecule has 6 aliphatic rings. The zero-order valence-electron chi connectivity index (χ0n) is 27.1. The summed E-state index contributed by atoms with van der Waals surface area (Å²) in [4.78, 5) is 12.9. The summed E-state index contributed by atoms with van der Waals surface area (Å²) in [5, 5.41) is 52.3. The Morgan fingerprint density at radius 3 is 2.30 bits per heavy atom. The molecule has 6 rings (SSSR count). The minimum Gasteiger partial charge on any atom is -0.481 e.